The Hall–Kier alpha value is -2.48. The van der Waals surface area contributed by atoms with Crippen molar-refractivity contribution in [1.82, 2.24) is 0 Å². The number of benzene rings is 1. The normalized spacial score (nSPS) is 12.8. The number of carbonyl (C=O) groups is 2. The predicted molar refractivity (Wildman–Crippen MR) is 148 cm³/mol. The zero-order valence-electron chi connectivity index (χ0n) is 24.4. The van der Waals surface area contributed by atoms with Gasteiger partial charge in [0.05, 0.1) is 13.7 Å². The molecule has 8 nitrogen and oxygen atoms in total. The van der Waals surface area contributed by atoms with Gasteiger partial charge in [-0.1, -0.05) is 33.1 Å². The lowest BCUT2D eigenvalue weighted by Crippen LogP contribution is -2.37. The van der Waals surface area contributed by atoms with Crippen LogP contribution in [0.1, 0.15) is 84.8 Å². The van der Waals surface area contributed by atoms with Crippen molar-refractivity contribution in [3.63, 3.8) is 0 Å². The minimum Gasteiger partial charge on any atom is -0.491 e. The Labute approximate surface area is 219 Å². The highest BCUT2D eigenvalue weighted by atomic mass is 16.6. The number of nitrogens with two attached hydrogens (primary N) is 1. The second-order valence-corrected chi connectivity index (χ2v) is 9.17. The summed E-state index contributed by atoms with van der Waals surface area (Å²) in [6.07, 6.45) is 6.04. The van der Waals surface area contributed by atoms with Gasteiger partial charge in [-0.3, -0.25) is 4.79 Å². The second kappa shape index (κ2) is 20.7. The molecule has 0 saturated heterocycles. The number of primary amides is 1. The lowest BCUT2D eigenvalue weighted by atomic mass is 9.93. The Kier molecular flexibility index (Phi) is 20.5. The number of carbonyl (C=O) groups excluding carboxylic acids is 2. The Morgan fingerprint density at radius 3 is 2.03 bits per heavy atom. The van der Waals surface area contributed by atoms with Gasteiger partial charge in [-0.15, -0.1) is 0 Å². The summed E-state index contributed by atoms with van der Waals surface area (Å²) in [6, 6.07) is 5.05. The van der Waals surface area contributed by atoms with Crippen LogP contribution >= 0.6 is 0 Å². The number of ether oxygens (including phenoxy) is 4. The minimum atomic E-state index is -0.725. The van der Waals surface area contributed by atoms with Gasteiger partial charge < -0.3 is 29.6 Å². The highest BCUT2D eigenvalue weighted by Crippen LogP contribution is 2.33. The number of rotatable bonds is 8. The zero-order chi connectivity index (χ0) is 28.1. The lowest BCUT2D eigenvalue weighted by Gasteiger charge is -2.37. The van der Waals surface area contributed by atoms with E-state index in [1.165, 1.54) is 56.0 Å². The number of nitrogens with zero attached hydrogens (tertiary/aromatic N) is 1. The van der Waals surface area contributed by atoms with Crippen LogP contribution in [0.15, 0.2) is 12.1 Å². The summed E-state index contributed by atoms with van der Waals surface area (Å²) in [5.41, 5.74) is 8.30. The van der Waals surface area contributed by atoms with Gasteiger partial charge in [0.2, 0.25) is 0 Å². The van der Waals surface area contributed by atoms with Gasteiger partial charge in [-0.25, -0.2) is 4.79 Å². The summed E-state index contributed by atoms with van der Waals surface area (Å²) >= 11 is 0. The van der Waals surface area contributed by atoms with Gasteiger partial charge in [0.15, 0.2) is 0 Å². The van der Waals surface area contributed by atoms with E-state index < -0.39 is 11.7 Å². The summed E-state index contributed by atoms with van der Waals surface area (Å²) in [5.74, 6) is 0.962. The standard InChI is InChI=1S/C19H31NO2.C5H11NO2.C2H4O2.C2H6/c1-5-20(17-9-7-6-8-10-17)19-14-18(22-12-11-21-4)13-15(2)16(19)3;1-5(2,3)8-4(6)7;1-4-2-3;1-2/h13-14,17H,5-12H2,1-4H3;1-3H3,(H2,6,7);2H,1H3;1-2H3. The molecule has 210 valence electrons. The summed E-state index contributed by atoms with van der Waals surface area (Å²) in [5, 5.41) is 0. The quantitative estimate of drug-likeness (QED) is 0.328. The molecule has 36 heavy (non-hydrogen) atoms. The minimum absolute atomic E-state index is 0.375. The molecule has 0 spiro atoms. The smallest absolute Gasteiger partial charge is 0.405 e. The van der Waals surface area contributed by atoms with Gasteiger partial charge in [0, 0.05) is 31.5 Å². The van der Waals surface area contributed by atoms with Crippen molar-refractivity contribution in [3.8, 4) is 5.75 Å². The molecule has 1 fully saturated rings. The van der Waals surface area contributed by atoms with E-state index in [9.17, 15) is 4.79 Å². The molecule has 2 N–H and O–H groups in total. The largest absolute Gasteiger partial charge is 0.491 e. The first-order valence-electron chi connectivity index (χ1n) is 12.9. The molecule has 1 saturated carbocycles. The third kappa shape index (κ3) is 16.2. The molecule has 0 radical (unpaired) electrons. The van der Waals surface area contributed by atoms with Crippen molar-refractivity contribution in [1.29, 1.82) is 0 Å². The first-order chi connectivity index (χ1) is 17.0. The second-order valence-electron chi connectivity index (χ2n) is 9.17. The molecule has 1 aromatic carbocycles. The summed E-state index contributed by atoms with van der Waals surface area (Å²) in [7, 11) is 3.02. The zero-order valence-corrected chi connectivity index (χ0v) is 24.4. The first kappa shape index (κ1) is 35.7. The molecule has 1 aromatic rings. The van der Waals surface area contributed by atoms with E-state index in [2.05, 4.69) is 47.3 Å². The summed E-state index contributed by atoms with van der Waals surface area (Å²) < 4.78 is 19.4. The Bertz CT molecular complexity index is 713. The van der Waals surface area contributed by atoms with Crippen LogP contribution in [-0.4, -0.2) is 58.2 Å². The van der Waals surface area contributed by atoms with Crippen LogP contribution in [-0.2, 0) is 19.0 Å². The molecule has 0 aliphatic heterocycles. The van der Waals surface area contributed by atoms with Crippen LogP contribution in [0, 0.1) is 13.8 Å². The number of hydrogen-bond donors (Lipinski definition) is 1. The molecular weight excluding hydrogens is 460 g/mol. The first-order valence-corrected chi connectivity index (χ1v) is 12.9. The van der Waals surface area contributed by atoms with Crippen LogP contribution in [0.2, 0.25) is 0 Å². The molecule has 1 aliphatic rings. The van der Waals surface area contributed by atoms with Crippen molar-refractivity contribution in [3.05, 3.63) is 23.3 Å². The van der Waals surface area contributed by atoms with Crippen LogP contribution in [0.3, 0.4) is 0 Å². The molecule has 8 heteroatoms. The van der Waals surface area contributed by atoms with Gasteiger partial charge in [-0.2, -0.15) is 0 Å². The third-order valence-electron chi connectivity index (χ3n) is 5.34. The fourth-order valence-corrected chi connectivity index (χ4v) is 3.75. The Balaban J connectivity index is 0. The molecule has 1 aliphatic carbocycles. The molecule has 0 atom stereocenters. The number of aryl methyl sites for hydroxylation is 1. The predicted octanol–water partition coefficient (Wildman–Crippen LogP) is 6.18. The molecule has 0 bridgehead atoms. The maximum absolute atomic E-state index is 10.0. The maximum Gasteiger partial charge on any atom is 0.405 e. The van der Waals surface area contributed by atoms with Crippen molar-refractivity contribution in [2.75, 3.05) is 38.9 Å². The topological polar surface area (TPSA) is 100 Å². The van der Waals surface area contributed by atoms with Gasteiger partial charge in [0.25, 0.3) is 6.47 Å². The third-order valence-corrected chi connectivity index (χ3v) is 5.34. The van der Waals surface area contributed by atoms with Crippen molar-refractivity contribution >= 4 is 18.3 Å². The van der Waals surface area contributed by atoms with Crippen LogP contribution in [0.25, 0.3) is 0 Å². The SMILES string of the molecule is CC.CC(C)(C)OC(N)=O.CCN(c1cc(OCCOC)cc(C)c1C)C1CCCCC1.COC=O. The van der Waals surface area contributed by atoms with E-state index in [0.29, 0.717) is 25.7 Å². The van der Waals surface area contributed by atoms with E-state index in [1.54, 1.807) is 27.9 Å². The molecule has 0 unspecified atom stereocenters. The van der Waals surface area contributed by atoms with Crippen LogP contribution < -0.4 is 15.4 Å². The Morgan fingerprint density at radius 1 is 1.08 bits per heavy atom. The van der Waals surface area contributed by atoms with E-state index in [0.717, 1.165) is 12.3 Å². The summed E-state index contributed by atoms with van der Waals surface area (Å²) in [4.78, 5) is 21.6. The average Bonchev–Trinajstić information content (AvgIpc) is 2.83. The maximum atomic E-state index is 10.0. The van der Waals surface area contributed by atoms with Crippen LogP contribution in [0.4, 0.5) is 10.5 Å². The summed E-state index contributed by atoms with van der Waals surface area (Å²) in [6.45, 7) is 18.6. The number of amides is 1. The van der Waals surface area contributed by atoms with Gasteiger partial charge in [0.1, 0.15) is 18.0 Å². The monoisotopic (exact) mass is 512 g/mol. The van der Waals surface area contributed by atoms with E-state index >= 15 is 0 Å². The van der Waals surface area contributed by atoms with E-state index in [-0.39, 0.29) is 0 Å². The molecule has 0 heterocycles. The van der Waals surface area contributed by atoms with Crippen molar-refractivity contribution < 1.29 is 28.5 Å². The fourth-order valence-electron chi connectivity index (χ4n) is 3.75. The van der Waals surface area contributed by atoms with Crippen LogP contribution in [0.5, 0.6) is 5.75 Å². The Morgan fingerprint density at radius 2 is 1.64 bits per heavy atom. The molecule has 0 aromatic heterocycles. The van der Waals surface area contributed by atoms with Crippen molar-refractivity contribution in [2.24, 2.45) is 5.73 Å². The van der Waals surface area contributed by atoms with Crippen molar-refractivity contribution in [2.45, 2.75) is 99.1 Å². The van der Waals surface area contributed by atoms with Gasteiger partial charge in [-0.05, 0) is 71.6 Å². The van der Waals surface area contributed by atoms with Gasteiger partial charge >= 0.3 is 6.09 Å². The molecular formula is C28H52N2O6. The lowest BCUT2D eigenvalue weighted by molar-refractivity contribution is -0.126. The highest BCUT2D eigenvalue weighted by Gasteiger charge is 2.22. The van der Waals surface area contributed by atoms with E-state index in [1.807, 2.05) is 13.8 Å². The number of anilines is 1. The number of hydrogen-bond acceptors (Lipinski definition) is 7. The molecule has 1 amide bonds. The van der Waals surface area contributed by atoms with E-state index in [4.69, 9.17) is 20.0 Å². The highest BCUT2D eigenvalue weighted by molar-refractivity contribution is 5.65. The fraction of sp³-hybridized carbons (Fsp3) is 0.714. The molecule has 2 rings (SSSR count). The average molecular weight is 513 g/mol. The number of methoxy groups -OCH3 is 2.